The predicted molar refractivity (Wildman–Crippen MR) is 111 cm³/mol. The minimum absolute atomic E-state index is 0.240. The predicted octanol–water partition coefficient (Wildman–Crippen LogP) is 4.54. The van der Waals surface area contributed by atoms with Gasteiger partial charge >= 0.3 is 0 Å². The van der Waals surface area contributed by atoms with E-state index in [0.717, 1.165) is 29.9 Å². The minimum atomic E-state index is -0.240. The van der Waals surface area contributed by atoms with Crippen LogP contribution >= 0.6 is 0 Å². The summed E-state index contributed by atoms with van der Waals surface area (Å²) < 4.78 is 13.5. The molecule has 2 saturated heterocycles. The molecule has 3 aliphatic rings. The zero-order chi connectivity index (χ0) is 19.8. The number of benzene rings is 1. The van der Waals surface area contributed by atoms with Gasteiger partial charge in [-0.15, -0.1) is 0 Å². The van der Waals surface area contributed by atoms with Crippen LogP contribution in [0.5, 0.6) is 0 Å². The topological polar surface area (TPSA) is 36.4 Å². The molecule has 3 unspecified atom stereocenters. The van der Waals surface area contributed by atoms with E-state index < -0.39 is 0 Å². The van der Waals surface area contributed by atoms with Gasteiger partial charge in [-0.3, -0.25) is 14.8 Å². The molecule has 2 aromatic rings. The molecule has 0 radical (unpaired) electrons. The van der Waals surface area contributed by atoms with E-state index in [2.05, 4.69) is 22.1 Å². The molecule has 1 aliphatic carbocycles. The summed E-state index contributed by atoms with van der Waals surface area (Å²) in [6, 6.07) is 10.8. The molecule has 5 rings (SSSR count). The summed E-state index contributed by atoms with van der Waals surface area (Å²) in [4.78, 5) is 16.9. The molecule has 3 heterocycles. The van der Waals surface area contributed by atoms with Crippen LogP contribution in [0.25, 0.3) is 17.2 Å². The molecular formula is C24H26FN3O. The molecule has 0 bridgehead atoms. The standard InChI is InChI=1S/C24H26FN3O/c25-20-6-3-5-17(14-20)18-8-9-21(26-15-18)10-11-23-22-7-2-1-4-19(22)16-28-24(29)12-13-27(23)28/h3,5-6,8-11,14-15,19,22-23H,1-2,4,7,12-13,16H2. The third-order valence-corrected chi connectivity index (χ3v) is 6.72. The van der Waals surface area contributed by atoms with E-state index in [-0.39, 0.29) is 17.8 Å². The molecular weight excluding hydrogens is 365 g/mol. The van der Waals surface area contributed by atoms with Gasteiger partial charge in [0.25, 0.3) is 0 Å². The molecule has 2 aliphatic heterocycles. The summed E-state index contributed by atoms with van der Waals surface area (Å²) in [5, 5.41) is 4.29. The second-order valence-electron chi connectivity index (χ2n) is 8.43. The Morgan fingerprint density at radius 3 is 2.83 bits per heavy atom. The van der Waals surface area contributed by atoms with E-state index in [1.807, 2.05) is 23.2 Å². The number of amides is 1. The van der Waals surface area contributed by atoms with Crippen molar-refractivity contribution in [2.75, 3.05) is 13.1 Å². The molecule has 5 heteroatoms. The van der Waals surface area contributed by atoms with Gasteiger partial charge in [-0.25, -0.2) is 9.40 Å². The maximum Gasteiger partial charge on any atom is 0.238 e. The fraction of sp³-hybridized carbons (Fsp3) is 0.417. The van der Waals surface area contributed by atoms with E-state index in [0.29, 0.717) is 18.3 Å². The number of nitrogens with zero attached hydrogens (tertiary/aromatic N) is 3. The van der Waals surface area contributed by atoms with E-state index >= 15 is 0 Å². The van der Waals surface area contributed by atoms with E-state index in [4.69, 9.17) is 0 Å². The third-order valence-electron chi connectivity index (χ3n) is 6.72. The average molecular weight is 391 g/mol. The monoisotopic (exact) mass is 391 g/mol. The number of hydrogen-bond donors (Lipinski definition) is 0. The number of aromatic nitrogens is 1. The summed E-state index contributed by atoms with van der Waals surface area (Å²) in [6.07, 6.45) is 11.8. The highest BCUT2D eigenvalue weighted by Gasteiger charge is 2.45. The van der Waals surface area contributed by atoms with Crippen LogP contribution < -0.4 is 0 Å². The second kappa shape index (κ2) is 7.71. The first-order chi connectivity index (χ1) is 14.2. The Hall–Kier alpha value is -2.53. The van der Waals surface area contributed by atoms with Crippen LogP contribution in [-0.2, 0) is 4.79 Å². The van der Waals surface area contributed by atoms with Crippen molar-refractivity contribution in [2.24, 2.45) is 11.8 Å². The molecule has 1 aromatic heterocycles. The van der Waals surface area contributed by atoms with Gasteiger partial charge in [0.2, 0.25) is 5.91 Å². The highest BCUT2D eigenvalue weighted by molar-refractivity contribution is 5.78. The molecule has 3 atom stereocenters. The Kier molecular flexibility index (Phi) is 4.92. The highest BCUT2D eigenvalue weighted by Crippen LogP contribution is 2.41. The van der Waals surface area contributed by atoms with Gasteiger partial charge in [-0.2, -0.15) is 0 Å². The highest BCUT2D eigenvalue weighted by atomic mass is 19.1. The van der Waals surface area contributed by atoms with Gasteiger partial charge in [-0.05, 0) is 54.5 Å². The molecule has 1 saturated carbocycles. The summed E-state index contributed by atoms with van der Waals surface area (Å²) in [5.74, 6) is 1.26. The maximum absolute atomic E-state index is 13.5. The number of carbonyl (C=O) groups excluding carboxylic acids is 1. The van der Waals surface area contributed by atoms with Crippen LogP contribution in [0, 0.1) is 17.7 Å². The Bertz CT molecular complexity index is 926. The van der Waals surface area contributed by atoms with Crippen LogP contribution in [0.15, 0.2) is 48.7 Å². The summed E-state index contributed by atoms with van der Waals surface area (Å²) >= 11 is 0. The molecule has 1 aromatic carbocycles. The summed E-state index contributed by atoms with van der Waals surface area (Å²) in [7, 11) is 0. The van der Waals surface area contributed by atoms with Crippen LogP contribution in [0.1, 0.15) is 37.8 Å². The van der Waals surface area contributed by atoms with Gasteiger partial charge in [0, 0.05) is 31.3 Å². The number of pyridine rings is 1. The van der Waals surface area contributed by atoms with Gasteiger partial charge in [0.1, 0.15) is 5.82 Å². The molecule has 1 amide bonds. The Morgan fingerprint density at radius 1 is 1.10 bits per heavy atom. The largest absolute Gasteiger partial charge is 0.274 e. The summed E-state index contributed by atoms with van der Waals surface area (Å²) in [5.41, 5.74) is 2.62. The first-order valence-electron chi connectivity index (χ1n) is 10.7. The van der Waals surface area contributed by atoms with E-state index in [1.54, 1.807) is 12.3 Å². The Labute approximate surface area is 171 Å². The lowest BCUT2D eigenvalue weighted by molar-refractivity contribution is -0.153. The minimum Gasteiger partial charge on any atom is -0.274 e. The van der Waals surface area contributed by atoms with Crippen molar-refractivity contribution in [3.05, 3.63) is 60.2 Å². The number of fused-ring (bicyclic) bond motifs is 2. The third kappa shape index (κ3) is 3.60. The second-order valence-corrected chi connectivity index (χ2v) is 8.43. The normalized spacial score (nSPS) is 27.3. The fourth-order valence-electron chi connectivity index (χ4n) is 5.26. The van der Waals surface area contributed by atoms with Gasteiger partial charge in [0.15, 0.2) is 0 Å². The number of hydrazine groups is 1. The number of carbonyl (C=O) groups is 1. The Morgan fingerprint density at radius 2 is 2.00 bits per heavy atom. The lowest BCUT2D eigenvalue weighted by Crippen LogP contribution is -2.57. The van der Waals surface area contributed by atoms with Crippen molar-refractivity contribution in [3.63, 3.8) is 0 Å². The van der Waals surface area contributed by atoms with Gasteiger partial charge in [0.05, 0.1) is 11.7 Å². The van der Waals surface area contributed by atoms with Crippen molar-refractivity contribution < 1.29 is 9.18 Å². The quantitative estimate of drug-likeness (QED) is 0.771. The SMILES string of the molecule is O=C1CCN2C(C=Cc3ccc(-c4cccc(F)c4)cn3)C3CCCCC3CN12. The van der Waals surface area contributed by atoms with Crippen LogP contribution in [-0.4, -0.2) is 40.0 Å². The lowest BCUT2D eigenvalue weighted by Gasteiger charge is -2.49. The molecule has 29 heavy (non-hydrogen) atoms. The van der Waals surface area contributed by atoms with Crippen LogP contribution in [0.3, 0.4) is 0 Å². The van der Waals surface area contributed by atoms with Crippen molar-refractivity contribution in [1.29, 1.82) is 0 Å². The smallest absolute Gasteiger partial charge is 0.238 e. The van der Waals surface area contributed by atoms with E-state index in [9.17, 15) is 9.18 Å². The first kappa shape index (κ1) is 18.5. The molecule has 4 nitrogen and oxygen atoms in total. The first-order valence-corrected chi connectivity index (χ1v) is 10.7. The number of halogens is 1. The van der Waals surface area contributed by atoms with Crippen molar-refractivity contribution in [3.8, 4) is 11.1 Å². The fourth-order valence-corrected chi connectivity index (χ4v) is 5.26. The van der Waals surface area contributed by atoms with Gasteiger partial charge < -0.3 is 0 Å². The maximum atomic E-state index is 13.5. The molecule has 150 valence electrons. The average Bonchev–Trinajstić information content (AvgIpc) is 3.12. The summed E-state index contributed by atoms with van der Waals surface area (Å²) in [6.45, 7) is 1.72. The van der Waals surface area contributed by atoms with Crippen molar-refractivity contribution >= 4 is 12.0 Å². The van der Waals surface area contributed by atoms with Crippen LogP contribution in [0.4, 0.5) is 4.39 Å². The Balaban J connectivity index is 1.37. The number of rotatable bonds is 3. The lowest BCUT2D eigenvalue weighted by atomic mass is 9.73. The molecule has 0 spiro atoms. The molecule has 0 N–H and O–H groups in total. The van der Waals surface area contributed by atoms with Gasteiger partial charge in [-0.1, -0.05) is 37.1 Å². The van der Waals surface area contributed by atoms with Crippen LogP contribution in [0.2, 0.25) is 0 Å². The van der Waals surface area contributed by atoms with E-state index in [1.165, 1.54) is 37.8 Å². The van der Waals surface area contributed by atoms with Crippen molar-refractivity contribution in [2.45, 2.75) is 38.1 Å². The zero-order valence-electron chi connectivity index (χ0n) is 16.5. The number of hydrogen-bond acceptors (Lipinski definition) is 3. The zero-order valence-corrected chi connectivity index (χ0v) is 16.5. The van der Waals surface area contributed by atoms with Crippen molar-refractivity contribution in [1.82, 2.24) is 15.0 Å². The molecule has 3 fully saturated rings.